The van der Waals surface area contributed by atoms with Gasteiger partial charge in [-0.1, -0.05) is 44.0 Å². The van der Waals surface area contributed by atoms with Crippen molar-refractivity contribution >= 4 is 45.2 Å². The van der Waals surface area contributed by atoms with Gasteiger partial charge in [0, 0.05) is 41.4 Å². The number of nitrogens with zero attached hydrogens (tertiary/aromatic N) is 1. The quantitative estimate of drug-likeness (QED) is 0.0607. The third kappa shape index (κ3) is 8.54. The molecule has 8 nitrogen and oxygen atoms in total. The molecule has 3 aromatic rings. The molecule has 0 saturated carbocycles. The fourth-order valence-electron chi connectivity index (χ4n) is 3.45. The second kappa shape index (κ2) is 14.0. The molecule has 0 aliphatic rings. The summed E-state index contributed by atoms with van der Waals surface area (Å²) in [6.07, 6.45) is -7.80. The fourth-order valence-corrected chi connectivity index (χ4v) is 6.07. The normalized spacial score (nSPS) is 12.8. The number of hydrogen-bond donors (Lipinski definition) is 2. The lowest BCUT2D eigenvalue weighted by molar-refractivity contribution is -0.385. The highest BCUT2D eigenvalue weighted by Crippen LogP contribution is 2.50. The number of alkyl halides is 5. The molecular weight excluding hydrogens is 696 g/mol. The summed E-state index contributed by atoms with van der Waals surface area (Å²) in [6.45, 7) is 0.0349. The van der Waals surface area contributed by atoms with Crippen LogP contribution in [-0.2, 0) is 9.09 Å². The van der Waals surface area contributed by atoms with Crippen LogP contribution in [-0.4, -0.2) is 34.8 Å². The SMILES string of the molecule is O=[N+]([O-])c1ccc(C(OP(=O)(NCCBr)NCCBr)C(F)(F)F)cc1Oc1ccc(-c2ccc(F)cc2F)cc1. The zero-order chi connectivity index (χ0) is 29.5. The summed E-state index contributed by atoms with van der Waals surface area (Å²) in [4.78, 5) is 10.7. The van der Waals surface area contributed by atoms with Gasteiger partial charge in [-0.25, -0.2) is 19.0 Å². The van der Waals surface area contributed by atoms with Crippen molar-refractivity contribution in [3.05, 3.63) is 88.0 Å². The van der Waals surface area contributed by atoms with Crippen LogP contribution in [0, 0.1) is 21.7 Å². The van der Waals surface area contributed by atoms with E-state index in [0.717, 1.165) is 24.3 Å². The number of benzene rings is 3. The van der Waals surface area contributed by atoms with Crippen LogP contribution in [0.15, 0.2) is 60.7 Å². The van der Waals surface area contributed by atoms with Crippen LogP contribution in [0.1, 0.15) is 11.7 Å². The van der Waals surface area contributed by atoms with E-state index in [1.807, 2.05) is 0 Å². The van der Waals surface area contributed by atoms with Gasteiger partial charge in [0.2, 0.25) is 5.75 Å². The topological polar surface area (TPSA) is 103 Å². The lowest BCUT2D eigenvalue weighted by Crippen LogP contribution is -2.32. The van der Waals surface area contributed by atoms with Gasteiger partial charge in [0.1, 0.15) is 17.4 Å². The molecule has 2 N–H and O–H groups in total. The zero-order valence-electron chi connectivity index (χ0n) is 20.3. The predicted octanol–water partition coefficient (Wildman–Crippen LogP) is 8.03. The van der Waals surface area contributed by atoms with E-state index in [9.17, 15) is 36.6 Å². The summed E-state index contributed by atoms with van der Waals surface area (Å²) in [5, 5.41) is 17.0. The van der Waals surface area contributed by atoms with Crippen molar-refractivity contribution in [1.29, 1.82) is 0 Å². The monoisotopic (exact) mass is 715 g/mol. The molecule has 16 heteroatoms. The summed E-state index contributed by atoms with van der Waals surface area (Å²) in [7, 11) is -4.23. The Hall–Kier alpha value is -2.42. The number of rotatable bonds is 13. The maximum atomic E-state index is 14.1. The van der Waals surface area contributed by atoms with Gasteiger partial charge in [-0.05, 0) is 47.5 Å². The number of nitrogens with one attached hydrogen (secondary N) is 2. The molecule has 0 spiro atoms. The van der Waals surface area contributed by atoms with Crippen molar-refractivity contribution in [3.8, 4) is 22.6 Å². The Morgan fingerprint density at radius 1 is 0.950 bits per heavy atom. The molecule has 0 aliphatic carbocycles. The fraction of sp³-hybridized carbons (Fsp3) is 0.250. The number of ether oxygens (including phenoxy) is 1. The average molecular weight is 717 g/mol. The minimum Gasteiger partial charge on any atom is -0.450 e. The van der Waals surface area contributed by atoms with Crippen molar-refractivity contribution in [2.45, 2.75) is 12.3 Å². The van der Waals surface area contributed by atoms with Gasteiger partial charge >= 0.3 is 19.5 Å². The van der Waals surface area contributed by atoms with E-state index >= 15 is 0 Å². The van der Waals surface area contributed by atoms with Gasteiger partial charge < -0.3 is 4.74 Å². The lowest BCUT2D eigenvalue weighted by atomic mass is 10.0. The molecule has 0 aromatic heterocycles. The molecule has 3 aromatic carbocycles. The van der Waals surface area contributed by atoms with E-state index in [0.29, 0.717) is 11.6 Å². The van der Waals surface area contributed by atoms with E-state index in [-0.39, 0.29) is 35.1 Å². The number of nitro groups is 1. The van der Waals surface area contributed by atoms with E-state index in [1.54, 1.807) is 0 Å². The predicted molar refractivity (Wildman–Crippen MR) is 146 cm³/mol. The van der Waals surface area contributed by atoms with Gasteiger partial charge in [0.25, 0.3) is 0 Å². The highest BCUT2D eigenvalue weighted by molar-refractivity contribution is 9.09. The molecule has 0 radical (unpaired) electrons. The Morgan fingerprint density at radius 2 is 1.57 bits per heavy atom. The maximum Gasteiger partial charge on any atom is 0.419 e. The molecule has 0 fully saturated rings. The molecule has 40 heavy (non-hydrogen) atoms. The number of halogens is 7. The first kappa shape index (κ1) is 32.1. The van der Waals surface area contributed by atoms with Gasteiger partial charge in [0.15, 0.2) is 6.10 Å². The molecule has 1 atom stereocenters. The Bertz CT molecular complexity index is 1370. The highest BCUT2D eigenvalue weighted by atomic mass is 79.9. The molecule has 3 rings (SSSR count). The Balaban J connectivity index is 1.96. The van der Waals surface area contributed by atoms with Crippen molar-refractivity contribution in [1.82, 2.24) is 10.2 Å². The zero-order valence-corrected chi connectivity index (χ0v) is 24.3. The van der Waals surface area contributed by atoms with Crippen molar-refractivity contribution in [3.63, 3.8) is 0 Å². The van der Waals surface area contributed by atoms with Gasteiger partial charge in [-0.15, -0.1) is 0 Å². The van der Waals surface area contributed by atoms with E-state index in [4.69, 9.17) is 9.26 Å². The second-order valence-electron chi connectivity index (χ2n) is 8.01. The maximum absolute atomic E-state index is 14.1. The first-order chi connectivity index (χ1) is 18.9. The summed E-state index contributed by atoms with van der Waals surface area (Å²) in [5.41, 5.74) is -0.824. The van der Waals surface area contributed by atoms with Crippen molar-refractivity contribution < 1.29 is 40.7 Å². The first-order valence-electron chi connectivity index (χ1n) is 11.4. The molecule has 216 valence electrons. The van der Waals surface area contributed by atoms with E-state index in [2.05, 4.69) is 42.0 Å². The smallest absolute Gasteiger partial charge is 0.419 e. The molecule has 0 saturated heterocycles. The van der Waals surface area contributed by atoms with Gasteiger partial charge in [-0.2, -0.15) is 13.2 Å². The standard InChI is InChI=1S/C24H21Br2F5N3O5P/c25-9-11-32-40(37,33-12-10-26)39-23(24(29,30)31)16-3-8-21(34(35)36)22(13-16)38-18-5-1-15(2-6-18)19-7-4-17(27)14-20(19)28/h1-8,13-14,23H,9-12H2,(H2,32,33,37). The summed E-state index contributed by atoms with van der Waals surface area (Å²) in [6, 6.07) is 10.9. The third-order valence-corrected chi connectivity index (χ3v) is 7.77. The molecule has 1 unspecified atom stereocenters. The third-order valence-electron chi connectivity index (χ3n) is 5.19. The van der Waals surface area contributed by atoms with Crippen LogP contribution in [0.5, 0.6) is 11.5 Å². The van der Waals surface area contributed by atoms with Gasteiger partial charge in [-0.3, -0.25) is 19.2 Å². The summed E-state index contributed by atoms with van der Waals surface area (Å²) in [5.74, 6) is -2.13. The van der Waals surface area contributed by atoms with E-state index in [1.165, 1.54) is 30.3 Å². The Morgan fingerprint density at radius 3 is 2.10 bits per heavy atom. The summed E-state index contributed by atoms with van der Waals surface area (Å²) < 4.78 is 93.4. The molecule has 0 aliphatic heterocycles. The van der Waals surface area contributed by atoms with Crippen LogP contribution in [0.25, 0.3) is 11.1 Å². The average Bonchev–Trinajstić information content (AvgIpc) is 2.89. The number of nitro benzene ring substituents is 1. The van der Waals surface area contributed by atoms with E-state index < -0.39 is 53.5 Å². The largest absolute Gasteiger partial charge is 0.450 e. The van der Waals surface area contributed by atoms with Crippen LogP contribution in [0.2, 0.25) is 0 Å². The molecule has 0 bridgehead atoms. The second-order valence-corrected chi connectivity index (χ2v) is 11.5. The molecular formula is C24H21Br2F5N3O5P. The minimum absolute atomic E-state index is 0.0142. The van der Waals surface area contributed by atoms with Crippen LogP contribution < -0.4 is 14.9 Å². The van der Waals surface area contributed by atoms with Crippen LogP contribution in [0.3, 0.4) is 0 Å². The minimum atomic E-state index is -5.06. The van der Waals surface area contributed by atoms with Crippen LogP contribution in [0.4, 0.5) is 27.6 Å². The number of hydrogen-bond acceptors (Lipinski definition) is 5. The summed E-state index contributed by atoms with van der Waals surface area (Å²) >= 11 is 6.19. The Labute approximate surface area is 242 Å². The lowest BCUT2D eigenvalue weighted by Gasteiger charge is -2.27. The molecule has 0 heterocycles. The highest BCUT2D eigenvalue weighted by Gasteiger charge is 2.46. The van der Waals surface area contributed by atoms with Crippen molar-refractivity contribution in [2.24, 2.45) is 0 Å². The van der Waals surface area contributed by atoms with Crippen molar-refractivity contribution in [2.75, 3.05) is 23.7 Å². The molecule has 0 amide bonds. The Kier molecular flexibility index (Phi) is 11.2. The van der Waals surface area contributed by atoms with Crippen LogP contribution >= 0.6 is 39.5 Å². The first-order valence-corrected chi connectivity index (χ1v) is 15.2. The van der Waals surface area contributed by atoms with Gasteiger partial charge in [0.05, 0.1) is 4.92 Å².